The van der Waals surface area contributed by atoms with Crippen LogP contribution in [-0.2, 0) is 5.33 Å². The average Bonchev–Trinajstić information content (AvgIpc) is 2.71. The minimum absolute atomic E-state index is 0.618. The van der Waals surface area contributed by atoms with Gasteiger partial charge in [0.15, 0.2) is 0 Å². The maximum atomic E-state index is 6.14. The van der Waals surface area contributed by atoms with Crippen LogP contribution in [0.5, 0.6) is 0 Å². The molecular weight excluding hydrogens is 312 g/mol. The lowest BCUT2D eigenvalue weighted by molar-refractivity contribution is 0.266. The van der Waals surface area contributed by atoms with E-state index in [0.29, 0.717) is 12.0 Å². The van der Waals surface area contributed by atoms with Crippen molar-refractivity contribution in [3.05, 3.63) is 28.8 Å². The monoisotopic (exact) mass is 330 g/mol. The summed E-state index contributed by atoms with van der Waals surface area (Å²) in [6.45, 7) is 4.50. The van der Waals surface area contributed by atoms with Crippen LogP contribution in [0.25, 0.3) is 0 Å². The molecule has 0 saturated carbocycles. The molecule has 0 amide bonds. The van der Waals surface area contributed by atoms with Gasteiger partial charge in [-0.2, -0.15) is 0 Å². The van der Waals surface area contributed by atoms with Gasteiger partial charge in [-0.1, -0.05) is 40.5 Å². The molecule has 0 aliphatic carbocycles. The molecule has 1 heterocycles. The van der Waals surface area contributed by atoms with Gasteiger partial charge in [0.05, 0.1) is 0 Å². The lowest BCUT2D eigenvalue weighted by Gasteiger charge is -2.24. The molecule has 0 spiro atoms. The first kappa shape index (κ1) is 14.2. The summed E-state index contributed by atoms with van der Waals surface area (Å²) in [4.78, 5) is 4.78. The number of hydrogen-bond acceptors (Lipinski definition) is 2. The maximum absolute atomic E-state index is 6.14. The van der Waals surface area contributed by atoms with Crippen molar-refractivity contribution >= 4 is 33.2 Å². The predicted molar refractivity (Wildman–Crippen MR) is 82.9 cm³/mol. The fraction of sp³-hybridized carbons (Fsp3) is 0.571. The Labute approximate surface area is 123 Å². The van der Waals surface area contributed by atoms with Crippen LogP contribution in [0.1, 0.15) is 12.5 Å². The van der Waals surface area contributed by atoms with Crippen molar-refractivity contribution in [1.82, 2.24) is 4.90 Å². The molecule has 1 aliphatic heterocycles. The summed E-state index contributed by atoms with van der Waals surface area (Å²) in [7, 11) is 4.32. The molecule has 0 aromatic heterocycles. The van der Waals surface area contributed by atoms with Crippen LogP contribution in [0.2, 0.25) is 5.02 Å². The van der Waals surface area contributed by atoms with Crippen LogP contribution in [0.3, 0.4) is 0 Å². The fourth-order valence-corrected chi connectivity index (χ4v) is 3.40. The first-order valence-corrected chi connectivity index (χ1v) is 7.78. The summed E-state index contributed by atoms with van der Waals surface area (Å²) in [5, 5.41) is 1.69. The second-order valence-corrected chi connectivity index (χ2v) is 6.32. The van der Waals surface area contributed by atoms with Crippen molar-refractivity contribution in [2.45, 2.75) is 18.3 Å². The highest BCUT2D eigenvalue weighted by molar-refractivity contribution is 9.08. The predicted octanol–water partition coefficient (Wildman–Crippen LogP) is 3.62. The molecule has 2 unspecified atom stereocenters. The molecule has 2 rings (SSSR count). The highest BCUT2D eigenvalue weighted by Gasteiger charge is 2.31. The van der Waals surface area contributed by atoms with Crippen LogP contribution in [-0.4, -0.2) is 38.1 Å². The van der Waals surface area contributed by atoms with Crippen LogP contribution in [0.4, 0.5) is 5.69 Å². The number of anilines is 1. The Morgan fingerprint density at radius 2 is 2.11 bits per heavy atom. The number of alkyl halides is 1. The Hall–Kier alpha value is -0.250. The Morgan fingerprint density at radius 1 is 1.39 bits per heavy atom. The molecule has 1 fully saturated rings. The molecule has 1 aliphatic rings. The van der Waals surface area contributed by atoms with Gasteiger partial charge in [0, 0.05) is 35.2 Å². The smallest absolute Gasteiger partial charge is 0.0426 e. The Bertz CT molecular complexity index is 422. The van der Waals surface area contributed by atoms with Crippen LogP contribution in [0, 0.1) is 5.92 Å². The molecule has 0 N–H and O–H groups in total. The van der Waals surface area contributed by atoms with E-state index < -0.39 is 0 Å². The van der Waals surface area contributed by atoms with Crippen LogP contribution < -0.4 is 4.90 Å². The number of nitrogens with zero attached hydrogens (tertiary/aromatic N) is 2. The van der Waals surface area contributed by atoms with Gasteiger partial charge in [0.1, 0.15) is 0 Å². The van der Waals surface area contributed by atoms with E-state index in [9.17, 15) is 0 Å². The first-order chi connectivity index (χ1) is 8.52. The number of likely N-dealkylation sites (N-methyl/N-ethyl adjacent to an activating group) is 1. The summed E-state index contributed by atoms with van der Waals surface area (Å²) >= 11 is 9.69. The molecule has 1 aromatic rings. The van der Waals surface area contributed by atoms with E-state index in [1.54, 1.807) is 0 Å². The van der Waals surface area contributed by atoms with Gasteiger partial charge in [-0.15, -0.1) is 0 Å². The van der Waals surface area contributed by atoms with E-state index in [2.05, 4.69) is 58.9 Å². The van der Waals surface area contributed by atoms with Gasteiger partial charge in [-0.25, -0.2) is 0 Å². The molecular formula is C14H20BrClN2. The van der Waals surface area contributed by atoms with E-state index in [-0.39, 0.29) is 0 Å². The summed E-state index contributed by atoms with van der Waals surface area (Å²) in [6, 6.07) is 6.78. The van der Waals surface area contributed by atoms with Crippen LogP contribution >= 0.6 is 27.5 Å². The van der Waals surface area contributed by atoms with Gasteiger partial charge in [-0.3, -0.25) is 0 Å². The number of hydrogen-bond donors (Lipinski definition) is 0. The third-order valence-corrected chi connectivity index (χ3v) is 4.61. The minimum atomic E-state index is 0.618. The van der Waals surface area contributed by atoms with Gasteiger partial charge in [-0.05, 0) is 37.7 Å². The van der Waals surface area contributed by atoms with Crippen molar-refractivity contribution < 1.29 is 0 Å². The van der Waals surface area contributed by atoms with Crippen molar-refractivity contribution in [3.63, 3.8) is 0 Å². The standard InChI is InChI=1S/C14H20BrClN2/c1-10-8-18(9-14(10)17(2)3)13-6-12(16)5-4-11(13)7-15/h4-6,10,14H,7-9H2,1-3H3. The topological polar surface area (TPSA) is 6.48 Å². The molecule has 0 bridgehead atoms. The highest BCUT2D eigenvalue weighted by Crippen LogP contribution is 2.32. The van der Waals surface area contributed by atoms with Crippen LogP contribution in [0.15, 0.2) is 18.2 Å². The molecule has 1 aromatic carbocycles. The quantitative estimate of drug-likeness (QED) is 0.781. The molecule has 100 valence electrons. The molecule has 0 radical (unpaired) electrons. The normalized spacial score (nSPS) is 24.0. The lowest BCUT2D eigenvalue weighted by Crippen LogP contribution is -2.34. The summed E-state index contributed by atoms with van der Waals surface area (Å²) < 4.78 is 0. The maximum Gasteiger partial charge on any atom is 0.0426 e. The second-order valence-electron chi connectivity index (χ2n) is 5.32. The summed E-state index contributed by atoms with van der Waals surface area (Å²) in [5.74, 6) is 0.683. The minimum Gasteiger partial charge on any atom is -0.369 e. The summed E-state index contributed by atoms with van der Waals surface area (Å²) in [5.41, 5.74) is 2.58. The van der Waals surface area contributed by atoms with Crippen molar-refractivity contribution in [1.29, 1.82) is 0 Å². The van der Waals surface area contributed by atoms with Gasteiger partial charge < -0.3 is 9.80 Å². The molecule has 18 heavy (non-hydrogen) atoms. The zero-order valence-electron chi connectivity index (χ0n) is 11.2. The van der Waals surface area contributed by atoms with E-state index >= 15 is 0 Å². The largest absolute Gasteiger partial charge is 0.369 e. The Kier molecular flexibility index (Phi) is 4.57. The van der Waals surface area contributed by atoms with E-state index in [4.69, 9.17) is 11.6 Å². The molecule has 1 saturated heterocycles. The lowest BCUT2D eigenvalue weighted by atomic mass is 10.1. The Balaban J connectivity index is 2.25. The molecule has 2 atom stereocenters. The van der Waals surface area contributed by atoms with E-state index in [0.717, 1.165) is 23.4 Å². The van der Waals surface area contributed by atoms with E-state index in [1.165, 1.54) is 11.3 Å². The van der Waals surface area contributed by atoms with Gasteiger partial charge in [0.2, 0.25) is 0 Å². The SMILES string of the molecule is CC1CN(c2cc(Cl)ccc2CBr)CC1N(C)C. The zero-order chi connectivity index (χ0) is 13.3. The number of halogens is 2. The van der Waals surface area contributed by atoms with Gasteiger partial charge >= 0.3 is 0 Å². The van der Waals surface area contributed by atoms with Gasteiger partial charge in [0.25, 0.3) is 0 Å². The molecule has 2 nitrogen and oxygen atoms in total. The van der Waals surface area contributed by atoms with E-state index in [1.807, 2.05) is 6.07 Å². The second kappa shape index (κ2) is 5.81. The summed E-state index contributed by atoms with van der Waals surface area (Å²) in [6.07, 6.45) is 0. The number of rotatable bonds is 3. The Morgan fingerprint density at radius 3 is 2.67 bits per heavy atom. The zero-order valence-corrected chi connectivity index (χ0v) is 13.5. The highest BCUT2D eigenvalue weighted by atomic mass is 79.9. The third-order valence-electron chi connectivity index (χ3n) is 3.77. The number of benzene rings is 1. The average molecular weight is 332 g/mol. The van der Waals surface area contributed by atoms with Crippen molar-refractivity contribution in [2.24, 2.45) is 5.92 Å². The van der Waals surface area contributed by atoms with Crippen molar-refractivity contribution in [3.8, 4) is 0 Å². The fourth-order valence-electron chi connectivity index (χ4n) is 2.76. The van der Waals surface area contributed by atoms with Crippen molar-refractivity contribution in [2.75, 3.05) is 32.1 Å². The first-order valence-electron chi connectivity index (χ1n) is 6.28. The molecule has 4 heteroatoms. The third kappa shape index (κ3) is 2.84.